The van der Waals surface area contributed by atoms with Crippen LogP contribution in [0.1, 0.15) is 19.8 Å². The summed E-state index contributed by atoms with van der Waals surface area (Å²) in [5.74, 6) is 1.67. The van der Waals surface area contributed by atoms with E-state index >= 15 is 0 Å². The summed E-state index contributed by atoms with van der Waals surface area (Å²) in [4.78, 5) is 10.3. The van der Waals surface area contributed by atoms with E-state index in [1.807, 2.05) is 7.05 Å². The molecule has 1 aromatic rings. The van der Waals surface area contributed by atoms with Crippen LogP contribution >= 0.6 is 27.5 Å². The second kappa shape index (κ2) is 4.26. The van der Waals surface area contributed by atoms with Crippen LogP contribution in [0.3, 0.4) is 0 Å². The van der Waals surface area contributed by atoms with Gasteiger partial charge in [-0.1, -0.05) is 0 Å². The van der Waals surface area contributed by atoms with Crippen molar-refractivity contribution in [1.82, 2.24) is 9.97 Å². The Balaban J connectivity index is 2.23. The highest BCUT2D eigenvalue weighted by molar-refractivity contribution is 9.10. The maximum absolute atomic E-state index is 5.79. The van der Waals surface area contributed by atoms with Crippen molar-refractivity contribution in [3.63, 3.8) is 0 Å². The van der Waals surface area contributed by atoms with Crippen LogP contribution in [0.2, 0.25) is 5.28 Å². The van der Waals surface area contributed by atoms with E-state index in [-0.39, 0.29) is 0 Å². The summed E-state index contributed by atoms with van der Waals surface area (Å²) in [5.41, 5.74) is 0. The fraction of sp³-hybridized carbons (Fsp3) is 0.600. The molecule has 0 amide bonds. The molecule has 82 valence electrons. The largest absolute Gasteiger partial charge is 0.356 e. The van der Waals surface area contributed by atoms with Crippen molar-refractivity contribution in [2.75, 3.05) is 11.9 Å². The summed E-state index contributed by atoms with van der Waals surface area (Å²) in [7, 11) is 2.05. The van der Waals surface area contributed by atoms with Crippen LogP contribution in [0.25, 0.3) is 0 Å². The first-order chi connectivity index (χ1) is 7.09. The van der Waals surface area contributed by atoms with Crippen LogP contribution in [0.4, 0.5) is 5.82 Å². The summed E-state index contributed by atoms with van der Waals surface area (Å²) < 4.78 is 0.891. The van der Waals surface area contributed by atoms with Gasteiger partial charge in [-0.3, -0.25) is 0 Å². The highest BCUT2D eigenvalue weighted by Crippen LogP contribution is 2.37. The maximum atomic E-state index is 5.79. The van der Waals surface area contributed by atoms with Gasteiger partial charge in [0, 0.05) is 19.3 Å². The number of hydrogen-bond acceptors (Lipinski definition) is 3. The van der Waals surface area contributed by atoms with Gasteiger partial charge in [-0.25, -0.2) is 4.98 Å². The van der Waals surface area contributed by atoms with Crippen LogP contribution in [0.15, 0.2) is 10.7 Å². The van der Waals surface area contributed by atoms with Crippen LogP contribution in [-0.4, -0.2) is 23.1 Å². The molecule has 0 bridgehead atoms. The maximum Gasteiger partial charge on any atom is 0.224 e. The minimum Gasteiger partial charge on any atom is -0.356 e. The van der Waals surface area contributed by atoms with E-state index in [1.165, 1.54) is 12.8 Å². The Morgan fingerprint density at radius 2 is 2.27 bits per heavy atom. The molecule has 1 atom stereocenters. The average Bonchev–Trinajstić information content (AvgIpc) is 3.03. The summed E-state index contributed by atoms with van der Waals surface area (Å²) in [6.45, 7) is 2.22. The molecule has 1 aliphatic rings. The Hall–Kier alpha value is -0.350. The number of rotatable bonds is 3. The second-order valence-corrected chi connectivity index (χ2v) is 5.19. The summed E-state index contributed by atoms with van der Waals surface area (Å²) >= 11 is 9.23. The van der Waals surface area contributed by atoms with Gasteiger partial charge in [0.1, 0.15) is 5.82 Å². The lowest BCUT2D eigenvalue weighted by Crippen LogP contribution is -2.31. The number of halogens is 2. The Labute approximate surface area is 103 Å². The monoisotopic (exact) mass is 289 g/mol. The number of hydrogen-bond donors (Lipinski definition) is 0. The van der Waals surface area contributed by atoms with Gasteiger partial charge >= 0.3 is 0 Å². The highest BCUT2D eigenvalue weighted by Gasteiger charge is 2.31. The second-order valence-electron chi connectivity index (χ2n) is 4.00. The molecule has 1 unspecified atom stereocenters. The average molecular weight is 291 g/mol. The number of aromatic nitrogens is 2. The van der Waals surface area contributed by atoms with Crippen molar-refractivity contribution >= 4 is 33.3 Å². The van der Waals surface area contributed by atoms with Crippen molar-refractivity contribution in [3.05, 3.63) is 16.0 Å². The molecule has 0 radical (unpaired) electrons. The SMILES string of the molecule is CC(C1CC1)N(C)c1nc(Cl)ncc1Br. The molecule has 5 heteroatoms. The van der Waals surface area contributed by atoms with Crippen LogP contribution < -0.4 is 4.90 Å². The molecule has 1 aliphatic carbocycles. The minimum absolute atomic E-state index is 0.294. The van der Waals surface area contributed by atoms with Crippen molar-refractivity contribution in [3.8, 4) is 0 Å². The van der Waals surface area contributed by atoms with Gasteiger partial charge in [-0.05, 0) is 53.2 Å². The first-order valence-electron chi connectivity index (χ1n) is 5.00. The zero-order valence-corrected chi connectivity index (χ0v) is 11.1. The molecular weight excluding hydrogens is 277 g/mol. The molecular formula is C10H13BrClN3. The topological polar surface area (TPSA) is 29.0 Å². The predicted octanol–water partition coefficient (Wildman–Crippen LogP) is 3.13. The Kier molecular flexibility index (Phi) is 3.16. The van der Waals surface area contributed by atoms with E-state index in [9.17, 15) is 0 Å². The lowest BCUT2D eigenvalue weighted by molar-refractivity contribution is 0.602. The third-order valence-corrected chi connectivity index (χ3v) is 3.69. The summed E-state index contributed by atoms with van der Waals surface area (Å²) in [6, 6.07) is 0.507. The van der Waals surface area contributed by atoms with Crippen LogP contribution in [0.5, 0.6) is 0 Å². The molecule has 15 heavy (non-hydrogen) atoms. The van der Waals surface area contributed by atoms with E-state index in [1.54, 1.807) is 6.20 Å². The normalized spacial score (nSPS) is 17.6. The van der Waals surface area contributed by atoms with E-state index in [4.69, 9.17) is 11.6 Å². The standard InChI is InChI=1S/C10H13BrClN3/c1-6(7-3-4-7)15(2)9-8(11)5-13-10(12)14-9/h5-7H,3-4H2,1-2H3. The number of nitrogens with zero attached hydrogens (tertiary/aromatic N) is 3. The molecule has 0 aliphatic heterocycles. The Bertz CT molecular complexity index is 368. The minimum atomic E-state index is 0.294. The first-order valence-corrected chi connectivity index (χ1v) is 6.17. The first kappa shape index (κ1) is 11.1. The van der Waals surface area contributed by atoms with Crippen molar-refractivity contribution < 1.29 is 0 Å². The highest BCUT2D eigenvalue weighted by atomic mass is 79.9. The van der Waals surface area contributed by atoms with Crippen molar-refractivity contribution in [1.29, 1.82) is 0 Å². The third kappa shape index (κ3) is 2.42. The third-order valence-electron chi connectivity index (χ3n) is 2.95. The van der Waals surface area contributed by atoms with Crippen LogP contribution in [0, 0.1) is 5.92 Å². The molecule has 0 saturated heterocycles. The zero-order chi connectivity index (χ0) is 11.0. The smallest absolute Gasteiger partial charge is 0.224 e. The summed E-state index contributed by atoms with van der Waals surface area (Å²) in [5, 5.41) is 0.294. The summed E-state index contributed by atoms with van der Waals surface area (Å²) in [6.07, 6.45) is 4.34. The molecule has 2 rings (SSSR count). The van der Waals surface area contributed by atoms with E-state index < -0.39 is 0 Å². The van der Waals surface area contributed by atoms with Crippen LogP contribution in [-0.2, 0) is 0 Å². The predicted molar refractivity (Wildman–Crippen MR) is 65.3 cm³/mol. The lowest BCUT2D eigenvalue weighted by atomic mass is 10.2. The van der Waals surface area contributed by atoms with Gasteiger partial charge in [0.15, 0.2) is 0 Å². The van der Waals surface area contributed by atoms with Gasteiger partial charge in [-0.15, -0.1) is 0 Å². The fourth-order valence-electron chi connectivity index (χ4n) is 1.67. The van der Waals surface area contributed by atoms with Gasteiger partial charge < -0.3 is 4.90 Å². The molecule has 0 aromatic carbocycles. The van der Waals surface area contributed by atoms with E-state index in [0.29, 0.717) is 11.3 Å². The Morgan fingerprint density at radius 3 is 2.87 bits per heavy atom. The van der Waals surface area contributed by atoms with Crippen molar-refractivity contribution in [2.45, 2.75) is 25.8 Å². The van der Waals surface area contributed by atoms with Crippen molar-refractivity contribution in [2.24, 2.45) is 5.92 Å². The molecule has 1 heterocycles. The fourth-order valence-corrected chi connectivity index (χ4v) is 2.27. The van der Waals surface area contributed by atoms with Gasteiger partial charge in [0.25, 0.3) is 0 Å². The van der Waals surface area contributed by atoms with E-state index in [2.05, 4.69) is 37.7 Å². The van der Waals surface area contributed by atoms with Gasteiger partial charge in [-0.2, -0.15) is 4.98 Å². The number of anilines is 1. The molecule has 1 fully saturated rings. The molecule has 1 aromatic heterocycles. The van der Waals surface area contributed by atoms with Gasteiger partial charge in [0.2, 0.25) is 5.28 Å². The Morgan fingerprint density at radius 1 is 1.60 bits per heavy atom. The van der Waals surface area contributed by atoms with Gasteiger partial charge in [0.05, 0.1) is 4.47 Å². The van der Waals surface area contributed by atoms with E-state index in [0.717, 1.165) is 16.2 Å². The quantitative estimate of drug-likeness (QED) is 0.801. The zero-order valence-electron chi connectivity index (χ0n) is 8.74. The molecule has 3 nitrogen and oxygen atoms in total. The lowest BCUT2D eigenvalue weighted by Gasteiger charge is -2.26. The molecule has 1 saturated carbocycles. The molecule has 0 spiro atoms. The molecule has 0 N–H and O–H groups in total.